The highest BCUT2D eigenvalue weighted by Crippen LogP contribution is 2.26. The van der Waals surface area contributed by atoms with E-state index in [1.54, 1.807) is 37.4 Å². The normalized spacial score (nSPS) is 10.7. The number of benzene rings is 3. The number of methoxy groups -OCH3 is 1. The Labute approximate surface area is 211 Å². The van der Waals surface area contributed by atoms with E-state index in [-0.39, 0.29) is 18.3 Å². The number of hydrogen-bond acceptors (Lipinski definition) is 5. The lowest BCUT2D eigenvalue weighted by Gasteiger charge is -2.12. The highest BCUT2D eigenvalue weighted by atomic mass is 35.5. The second-order valence-electron chi connectivity index (χ2n) is 7.51. The summed E-state index contributed by atoms with van der Waals surface area (Å²) in [5.74, 6) is 1.12. The van der Waals surface area contributed by atoms with E-state index in [0.29, 0.717) is 32.9 Å². The van der Waals surface area contributed by atoms with Crippen molar-refractivity contribution in [2.45, 2.75) is 11.7 Å². The molecule has 0 saturated carbocycles. The third-order valence-corrected chi connectivity index (χ3v) is 6.39. The van der Waals surface area contributed by atoms with Crippen molar-refractivity contribution in [1.82, 2.24) is 20.1 Å². The second-order valence-corrected chi connectivity index (χ2v) is 8.99. The maximum absolute atomic E-state index is 13.6. The number of ether oxygens (including phenoxy) is 1. The van der Waals surface area contributed by atoms with Crippen LogP contribution in [0.25, 0.3) is 16.8 Å². The summed E-state index contributed by atoms with van der Waals surface area (Å²) in [7, 11) is 1.60. The smallest absolute Gasteiger partial charge is 0.251 e. The summed E-state index contributed by atoms with van der Waals surface area (Å²) in [5, 5.41) is 12.6. The first kappa shape index (κ1) is 24.5. The Bertz CT molecular complexity index is 1360. The topological polar surface area (TPSA) is 69.0 Å². The number of nitrogens with one attached hydrogen (secondary N) is 1. The van der Waals surface area contributed by atoms with Crippen molar-refractivity contribution in [2.24, 2.45) is 0 Å². The largest absolute Gasteiger partial charge is 0.497 e. The molecule has 0 fully saturated rings. The summed E-state index contributed by atoms with van der Waals surface area (Å²) in [6, 6.07) is 20.7. The van der Waals surface area contributed by atoms with Crippen molar-refractivity contribution in [1.29, 1.82) is 0 Å². The maximum atomic E-state index is 13.6. The number of nitrogens with zero attached hydrogens (tertiary/aromatic N) is 3. The molecule has 9 heteroatoms. The molecule has 0 unspecified atom stereocenters. The Balaban J connectivity index is 1.55. The molecular weight excluding hydrogens is 487 g/mol. The molecule has 3 aromatic carbocycles. The molecule has 6 nitrogen and oxygen atoms in total. The third kappa shape index (κ3) is 6.09. The fraction of sp³-hybridized carbons (Fsp3) is 0.115. The molecule has 1 heterocycles. The van der Waals surface area contributed by atoms with Crippen LogP contribution in [0.4, 0.5) is 4.39 Å². The Morgan fingerprint density at radius 1 is 1.09 bits per heavy atom. The van der Waals surface area contributed by atoms with Gasteiger partial charge in [0.2, 0.25) is 0 Å². The standard InChI is InChI=1S/C26H22ClFN4O2S/c1-17(27)16-35-26-31-30-24(32(26)22-9-11-23(34-2)12-10-22)15-29-25(33)20-7-3-5-18(13-20)19-6-4-8-21(28)14-19/h3-14H,1,15-16H2,2H3,(H,29,33). The Morgan fingerprint density at radius 2 is 1.80 bits per heavy atom. The number of thioether (sulfide) groups is 1. The van der Waals surface area contributed by atoms with E-state index in [0.717, 1.165) is 17.0 Å². The second kappa shape index (κ2) is 11.2. The van der Waals surface area contributed by atoms with E-state index in [1.165, 1.54) is 23.9 Å². The number of carbonyl (C=O) groups is 1. The predicted molar refractivity (Wildman–Crippen MR) is 137 cm³/mol. The number of aromatic nitrogens is 3. The third-order valence-electron chi connectivity index (χ3n) is 5.08. The van der Waals surface area contributed by atoms with Gasteiger partial charge in [0.25, 0.3) is 5.91 Å². The summed E-state index contributed by atoms with van der Waals surface area (Å²) in [6.07, 6.45) is 0. The van der Waals surface area contributed by atoms with Crippen LogP contribution in [-0.4, -0.2) is 33.5 Å². The zero-order chi connectivity index (χ0) is 24.8. The first-order chi connectivity index (χ1) is 16.9. The summed E-state index contributed by atoms with van der Waals surface area (Å²) in [4.78, 5) is 12.9. The summed E-state index contributed by atoms with van der Waals surface area (Å²) in [5.41, 5.74) is 2.71. The van der Waals surface area contributed by atoms with Gasteiger partial charge in [-0.25, -0.2) is 4.39 Å². The van der Waals surface area contributed by atoms with Gasteiger partial charge in [-0.1, -0.05) is 54.2 Å². The zero-order valence-electron chi connectivity index (χ0n) is 18.9. The van der Waals surface area contributed by atoms with Gasteiger partial charge in [-0.2, -0.15) is 0 Å². The summed E-state index contributed by atoms with van der Waals surface area (Å²) >= 11 is 7.34. The van der Waals surface area contributed by atoms with Gasteiger partial charge in [-0.15, -0.1) is 10.2 Å². The van der Waals surface area contributed by atoms with Crippen molar-refractivity contribution < 1.29 is 13.9 Å². The average Bonchev–Trinajstić information content (AvgIpc) is 3.29. The minimum Gasteiger partial charge on any atom is -0.497 e. The molecule has 1 aromatic heterocycles. The number of halogens is 2. The van der Waals surface area contributed by atoms with Crippen LogP contribution in [0.5, 0.6) is 5.75 Å². The predicted octanol–water partition coefficient (Wildman–Crippen LogP) is 5.86. The molecule has 1 N–H and O–H groups in total. The monoisotopic (exact) mass is 508 g/mol. The van der Waals surface area contributed by atoms with E-state index in [2.05, 4.69) is 22.1 Å². The zero-order valence-corrected chi connectivity index (χ0v) is 20.4. The summed E-state index contributed by atoms with van der Waals surface area (Å²) < 4.78 is 20.7. The van der Waals surface area contributed by atoms with E-state index in [1.807, 2.05) is 34.9 Å². The van der Waals surface area contributed by atoms with E-state index in [4.69, 9.17) is 16.3 Å². The van der Waals surface area contributed by atoms with Crippen LogP contribution in [0.15, 0.2) is 89.6 Å². The quantitative estimate of drug-likeness (QED) is 0.287. The summed E-state index contributed by atoms with van der Waals surface area (Å²) in [6.45, 7) is 3.87. The number of hydrogen-bond donors (Lipinski definition) is 1. The molecule has 0 bridgehead atoms. The van der Waals surface area contributed by atoms with E-state index < -0.39 is 0 Å². The van der Waals surface area contributed by atoms with Crippen molar-refractivity contribution in [3.63, 3.8) is 0 Å². The number of carbonyl (C=O) groups excluding carboxylic acids is 1. The van der Waals surface area contributed by atoms with Gasteiger partial charge in [0.1, 0.15) is 11.6 Å². The van der Waals surface area contributed by atoms with Crippen LogP contribution in [0.3, 0.4) is 0 Å². The average molecular weight is 509 g/mol. The molecule has 0 saturated heterocycles. The Kier molecular flexibility index (Phi) is 7.84. The molecule has 4 aromatic rings. The van der Waals surface area contributed by atoms with Crippen molar-refractivity contribution in [2.75, 3.05) is 12.9 Å². The molecule has 35 heavy (non-hydrogen) atoms. The minimum absolute atomic E-state index is 0.143. The lowest BCUT2D eigenvalue weighted by Crippen LogP contribution is -2.24. The molecule has 0 radical (unpaired) electrons. The molecule has 178 valence electrons. The van der Waals surface area contributed by atoms with Crippen molar-refractivity contribution in [3.05, 3.63) is 102 Å². The minimum atomic E-state index is -0.332. The van der Waals surface area contributed by atoms with Crippen molar-refractivity contribution in [3.8, 4) is 22.6 Å². The molecule has 0 aliphatic rings. The number of rotatable bonds is 9. The van der Waals surface area contributed by atoms with Gasteiger partial charge in [0.15, 0.2) is 11.0 Å². The first-order valence-electron chi connectivity index (χ1n) is 10.6. The lowest BCUT2D eigenvalue weighted by molar-refractivity contribution is 0.0949. The molecule has 1 amide bonds. The maximum Gasteiger partial charge on any atom is 0.251 e. The van der Waals surface area contributed by atoms with Crippen LogP contribution in [-0.2, 0) is 6.54 Å². The fourth-order valence-electron chi connectivity index (χ4n) is 3.41. The van der Waals surface area contributed by atoms with Gasteiger partial charge in [0, 0.05) is 22.0 Å². The van der Waals surface area contributed by atoms with Gasteiger partial charge in [0.05, 0.1) is 13.7 Å². The van der Waals surface area contributed by atoms with Crippen LogP contribution >= 0.6 is 23.4 Å². The Morgan fingerprint density at radius 3 is 2.49 bits per heavy atom. The highest BCUT2D eigenvalue weighted by Gasteiger charge is 2.16. The van der Waals surface area contributed by atoms with Crippen molar-refractivity contribution >= 4 is 29.3 Å². The van der Waals surface area contributed by atoms with Crippen LogP contribution in [0, 0.1) is 5.82 Å². The van der Waals surface area contributed by atoms with Gasteiger partial charge in [-0.3, -0.25) is 9.36 Å². The van der Waals surface area contributed by atoms with Gasteiger partial charge < -0.3 is 10.1 Å². The highest BCUT2D eigenvalue weighted by molar-refractivity contribution is 7.99. The van der Waals surface area contributed by atoms with E-state index in [9.17, 15) is 9.18 Å². The molecule has 0 spiro atoms. The lowest BCUT2D eigenvalue weighted by atomic mass is 10.0. The fourth-order valence-corrected chi connectivity index (χ4v) is 4.30. The van der Waals surface area contributed by atoms with Gasteiger partial charge >= 0.3 is 0 Å². The SMILES string of the molecule is C=C(Cl)CSc1nnc(CNC(=O)c2cccc(-c3cccc(F)c3)c2)n1-c1ccc(OC)cc1. The number of amides is 1. The molecule has 0 aliphatic heterocycles. The Hall–Kier alpha value is -3.62. The van der Waals surface area contributed by atoms with Crippen LogP contribution < -0.4 is 10.1 Å². The first-order valence-corrected chi connectivity index (χ1v) is 12.0. The molecular formula is C26H22ClFN4O2S. The molecule has 0 aliphatic carbocycles. The molecule has 0 atom stereocenters. The van der Waals surface area contributed by atoms with Crippen LogP contribution in [0.2, 0.25) is 0 Å². The van der Waals surface area contributed by atoms with Crippen LogP contribution in [0.1, 0.15) is 16.2 Å². The van der Waals surface area contributed by atoms with E-state index >= 15 is 0 Å². The van der Waals surface area contributed by atoms with Gasteiger partial charge in [-0.05, 0) is 59.7 Å². The molecule has 4 rings (SSSR count).